The van der Waals surface area contributed by atoms with E-state index in [1.807, 2.05) is 13.8 Å². The van der Waals surface area contributed by atoms with E-state index >= 15 is 0 Å². The van der Waals surface area contributed by atoms with Crippen molar-refractivity contribution in [2.75, 3.05) is 13.7 Å². The zero-order valence-electron chi connectivity index (χ0n) is 12.6. The van der Waals surface area contributed by atoms with Gasteiger partial charge in [0, 0.05) is 13.3 Å². The molecule has 0 N–H and O–H groups in total. The monoisotopic (exact) mass is 278 g/mol. The lowest BCUT2D eigenvalue weighted by atomic mass is 9.79. The van der Waals surface area contributed by atoms with Crippen LogP contribution in [0.15, 0.2) is 6.20 Å². The van der Waals surface area contributed by atoms with Gasteiger partial charge in [-0.25, -0.2) is 14.8 Å². The molecule has 0 saturated heterocycles. The van der Waals surface area contributed by atoms with Crippen LogP contribution in [0.2, 0.25) is 0 Å². The van der Waals surface area contributed by atoms with Gasteiger partial charge in [0.05, 0.1) is 17.9 Å². The molecule has 110 valence electrons. The van der Waals surface area contributed by atoms with E-state index in [1.54, 1.807) is 20.2 Å². The first-order valence-electron chi connectivity index (χ1n) is 7.13. The number of aromatic nitrogens is 2. The molecule has 5 nitrogen and oxygen atoms in total. The number of carbonyl (C=O) groups excluding carboxylic acids is 1. The van der Waals surface area contributed by atoms with E-state index < -0.39 is 0 Å². The second kappa shape index (κ2) is 5.87. The molecule has 1 aliphatic rings. The minimum absolute atomic E-state index is 0.130. The number of rotatable bonds is 5. The zero-order chi connectivity index (χ0) is 14.8. The van der Waals surface area contributed by atoms with Gasteiger partial charge in [0.1, 0.15) is 5.60 Å². The number of ether oxygens (including phenoxy) is 2. The van der Waals surface area contributed by atoms with Gasteiger partial charge in [0.15, 0.2) is 5.82 Å². The van der Waals surface area contributed by atoms with Crippen molar-refractivity contribution in [3.8, 4) is 0 Å². The Kier molecular flexibility index (Phi) is 4.38. The normalized spacial score (nSPS) is 16.9. The molecule has 1 aromatic rings. The summed E-state index contributed by atoms with van der Waals surface area (Å²) < 4.78 is 10.7. The molecule has 0 atom stereocenters. The van der Waals surface area contributed by atoms with Gasteiger partial charge in [-0.05, 0) is 32.1 Å². The molecule has 0 spiro atoms. The molecule has 20 heavy (non-hydrogen) atoms. The van der Waals surface area contributed by atoms with E-state index in [2.05, 4.69) is 9.97 Å². The van der Waals surface area contributed by atoms with Gasteiger partial charge in [0.2, 0.25) is 0 Å². The highest BCUT2D eigenvalue weighted by Crippen LogP contribution is 2.42. The third-order valence-electron chi connectivity index (χ3n) is 3.82. The predicted octanol–water partition coefficient (Wildman–Crippen LogP) is 2.80. The van der Waals surface area contributed by atoms with Crippen molar-refractivity contribution < 1.29 is 14.3 Å². The molecule has 1 fully saturated rings. The topological polar surface area (TPSA) is 61.3 Å². The summed E-state index contributed by atoms with van der Waals surface area (Å²) in [6.45, 7) is 6.15. The van der Waals surface area contributed by atoms with Crippen LogP contribution in [0.5, 0.6) is 0 Å². The Morgan fingerprint density at radius 2 is 2.15 bits per heavy atom. The SMILES string of the molecule is CCOC(=O)c1cnc(C2(OC)CCC2)nc1C(C)C. The van der Waals surface area contributed by atoms with Crippen LogP contribution < -0.4 is 0 Å². The van der Waals surface area contributed by atoms with E-state index in [0.717, 1.165) is 25.0 Å². The van der Waals surface area contributed by atoms with Gasteiger partial charge in [0.25, 0.3) is 0 Å². The Balaban J connectivity index is 2.40. The molecule has 0 radical (unpaired) electrons. The molecule has 0 bridgehead atoms. The molecule has 2 rings (SSSR count). The third-order valence-corrected chi connectivity index (χ3v) is 3.82. The molecule has 1 aromatic heterocycles. The fraction of sp³-hybridized carbons (Fsp3) is 0.667. The van der Waals surface area contributed by atoms with Crippen molar-refractivity contribution in [3.63, 3.8) is 0 Å². The number of hydrogen-bond acceptors (Lipinski definition) is 5. The summed E-state index contributed by atoms with van der Waals surface area (Å²) in [7, 11) is 1.69. The van der Waals surface area contributed by atoms with Crippen molar-refractivity contribution in [3.05, 3.63) is 23.3 Å². The average Bonchev–Trinajstić information content (AvgIpc) is 2.38. The first kappa shape index (κ1) is 14.9. The summed E-state index contributed by atoms with van der Waals surface area (Å²) in [5.41, 5.74) is 0.824. The van der Waals surface area contributed by atoms with Crippen LogP contribution in [-0.2, 0) is 15.1 Å². The van der Waals surface area contributed by atoms with Crippen LogP contribution in [0.25, 0.3) is 0 Å². The van der Waals surface area contributed by atoms with Crippen LogP contribution in [-0.4, -0.2) is 29.7 Å². The molecule has 0 amide bonds. The quantitative estimate of drug-likeness (QED) is 0.775. The highest BCUT2D eigenvalue weighted by molar-refractivity contribution is 5.90. The van der Waals surface area contributed by atoms with Crippen LogP contribution >= 0.6 is 0 Å². The van der Waals surface area contributed by atoms with E-state index in [1.165, 1.54) is 0 Å². The van der Waals surface area contributed by atoms with E-state index in [-0.39, 0.29) is 17.5 Å². The molecule has 0 aromatic carbocycles. The van der Waals surface area contributed by atoms with Crippen LogP contribution in [0.1, 0.15) is 67.8 Å². The molecule has 1 heterocycles. The molecular formula is C15H22N2O3. The Labute approximate surface area is 119 Å². The summed E-state index contributed by atoms with van der Waals surface area (Å²) >= 11 is 0. The summed E-state index contributed by atoms with van der Waals surface area (Å²) in [4.78, 5) is 20.9. The lowest BCUT2D eigenvalue weighted by Crippen LogP contribution is -2.38. The van der Waals surface area contributed by atoms with Crippen LogP contribution in [0.4, 0.5) is 0 Å². The predicted molar refractivity (Wildman–Crippen MR) is 74.6 cm³/mol. The minimum Gasteiger partial charge on any atom is -0.462 e. The van der Waals surface area contributed by atoms with Gasteiger partial charge in [-0.2, -0.15) is 0 Å². The summed E-state index contributed by atoms with van der Waals surface area (Å²) in [6, 6.07) is 0. The van der Waals surface area contributed by atoms with Crippen LogP contribution in [0.3, 0.4) is 0 Å². The van der Waals surface area contributed by atoms with Gasteiger partial charge in [-0.1, -0.05) is 13.8 Å². The number of methoxy groups -OCH3 is 1. The summed E-state index contributed by atoms with van der Waals surface area (Å²) in [6.07, 6.45) is 4.56. The molecule has 0 unspecified atom stereocenters. The number of nitrogens with zero attached hydrogens (tertiary/aromatic N) is 2. The van der Waals surface area contributed by atoms with Crippen molar-refractivity contribution >= 4 is 5.97 Å². The fourth-order valence-electron chi connectivity index (χ4n) is 2.44. The lowest BCUT2D eigenvalue weighted by Gasteiger charge is -2.39. The maximum absolute atomic E-state index is 12.0. The maximum Gasteiger partial charge on any atom is 0.341 e. The standard InChI is InChI=1S/C15H22N2O3/c1-5-20-13(18)11-9-16-14(17-12(11)10(2)3)15(19-4)7-6-8-15/h9-10H,5-8H2,1-4H3. The smallest absolute Gasteiger partial charge is 0.341 e. The molecular weight excluding hydrogens is 256 g/mol. The zero-order valence-corrected chi connectivity index (χ0v) is 12.6. The van der Waals surface area contributed by atoms with Gasteiger partial charge in [-0.15, -0.1) is 0 Å². The molecule has 0 aliphatic heterocycles. The number of esters is 1. The molecule has 1 aliphatic carbocycles. The van der Waals surface area contributed by atoms with Crippen molar-refractivity contribution in [2.24, 2.45) is 0 Å². The van der Waals surface area contributed by atoms with E-state index in [9.17, 15) is 4.79 Å². The average molecular weight is 278 g/mol. The number of hydrogen-bond donors (Lipinski definition) is 0. The first-order chi connectivity index (χ1) is 9.54. The second-order valence-corrected chi connectivity index (χ2v) is 5.42. The Morgan fingerprint density at radius 1 is 1.45 bits per heavy atom. The van der Waals surface area contributed by atoms with E-state index in [0.29, 0.717) is 18.0 Å². The Hall–Kier alpha value is -1.49. The van der Waals surface area contributed by atoms with Crippen molar-refractivity contribution in [1.29, 1.82) is 0 Å². The highest BCUT2D eigenvalue weighted by atomic mass is 16.5. The van der Waals surface area contributed by atoms with Gasteiger partial charge < -0.3 is 9.47 Å². The molecule has 5 heteroatoms. The Morgan fingerprint density at radius 3 is 2.60 bits per heavy atom. The fourth-order valence-corrected chi connectivity index (χ4v) is 2.44. The third kappa shape index (κ3) is 2.54. The van der Waals surface area contributed by atoms with Gasteiger partial charge in [-0.3, -0.25) is 0 Å². The largest absolute Gasteiger partial charge is 0.462 e. The first-order valence-corrected chi connectivity index (χ1v) is 7.13. The van der Waals surface area contributed by atoms with Crippen molar-refractivity contribution in [2.45, 2.75) is 51.6 Å². The van der Waals surface area contributed by atoms with Crippen LogP contribution in [0, 0.1) is 0 Å². The summed E-state index contributed by atoms with van der Waals surface area (Å²) in [5.74, 6) is 0.455. The number of carbonyl (C=O) groups is 1. The van der Waals surface area contributed by atoms with E-state index in [4.69, 9.17) is 9.47 Å². The lowest BCUT2D eigenvalue weighted by molar-refractivity contribution is -0.0848. The minimum atomic E-state index is -0.364. The maximum atomic E-state index is 12.0. The van der Waals surface area contributed by atoms with Crippen molar-refractivity contribution in [1.82, 2.24) is 9.97 Å². The second-order valence-electron chi connectivity index (χ2n) is 5.42. The molecule has 1 saturated carbocycles. The highest BCUT2D eigenvalue weighted by Gasteiger charge is 2.42. The Bertz CT molecular complexity index is 490. The van der Waals surface area contributed by atoms with Gasteiger partial charge >= 0.3 is 5.97 Å². The summed E-state index contributed by atoms with van der Waals surface area (Å²) in [5, 5.41) is 0.